The molecule has 1 aliphatic heterocycles. The molecule has 1 aliphatic rings. The molecule has 1 fully saturated rings. The number of phenols is 1. The number of pyridine rings is 2. The molecule has 4 nitrogen and oxygen atoms in total. The van der Waals surface area contributed by atoms with Crippen LogP contribution in [0.2, 0.25) is 0 Å². The summed E-state index contributed by atoms with van der Waals surface area (Å²) in [5.74, 6) is 1.99. The first kappa shape index (κ1) is 14.0. The van der Waals surface area contributed by atoms with E-state index in [9.17, 15) is 5.11 Å². The van der Waals surface area contributed by atoms with Gasteiger partial charge in [0.1, 0.15) is 11.6 Å². The van der Waals surface area contributed by atoms with Crippen molar-refractivity contribution in [3.8, 4) is 5.75 Å². The Bertz CT molecular complexity index is 811. The topological polar surface area (TPSA) is 49.2 Å². The molecule has 3 heterocycles. The summed E-state index contributed by atoms with van der Waals surface area (Å²) in [6, 6.07) is 13.6. The van der Waals surface area contributed by atoms with Crippen molar-refractivity contribution >= 4 is 16.7 Å². The van der Waals surface area contributed by atoms with E-state index in [-0.39, 0.29) is 0 Å². The van der Waals surface area contributed by atoms with Gasteiger partial charge in [-0.25, -0.2) is 4.98 Å². The molecule has 0 amide bonds. The lowest BCUT2D eigenvalue weighted by atomic mass is 9.99. The third-order valence-electron chi connectivity index (χ3n) is 4.55. The molecule has 3 aromatic rings. The zero-order valence-electron chi connectivity index (χ0n) is 12.9. The largest absolute Gasteiger partial charge is 0.508 e. The molecule has 1 unspecified atom stereocenters. The summed E-state index contributed by atoms with van der Waals surface area (Å²) in [6.07, 6.45) is 5.88. The van der Waals surface area contributed by atoms with E-state index in [1.54, 1.807) is 12.1 Å². The van der Waals surface area contributed by atoms with Crippen LogP contribution in [0.25, 0.3) is 10.9 Å². The van der Waals surface area contributed by atoms with Gasteiger partial charge in [0.2, 0.25) is 0 Å². The number of benzene rings is 1. The number of aromatic hydroxyl groups is 1. The van der Waals surface area contributed by atoms with Crippen molar-refractivity contribution in [2.75, 3.05) is 18.0 Å². The maximum Gasteiger partial charge on any atom is 0.137 e. The Balaban J connectivity index is 1.52. The fourth-order valence-electron chi connectivity index (χ4n) is 3.40. The lowest BCUT2D eigenvalue weighted by molar-refractivity contribution is 0.474. The van der Waals surface area contributed by atoms with Gasteiger partial charge in [0.05, 0.1) is 5.52 Å². The highest BCUT2D eigenvalue weighted by Crippen LogP contribution is 2.29. The van der Waals surface area contributed by atoms with Crippen LogP contribution in [0.3, 0.4) is 0 Å². The number of rotatable bonds is 3. The Kier molecular flexibility index (Phi) is 3.58. The van der Waals surface area contributed by atoms with Crippen molar-refractivity contribution in [1.82, 2.24) is 9.97 Å². The van der Waals surface area contributed by atoms with Gasteiger partial charge in [-0.3, -0.25) is 4.98 Å². The second kappa shape index (κ2) is 5.88. The molecule has 1 N–H and O–H groups in total. The average Bonchev–Trinajstić information content (AvgIpc) is 3.05. The van der Waals surface area contributed by atoms with E-state index < -0.39 is 0 Å². The standard InChI is InChI=1S/C19H19N3O/c23-16-5-3-14(4-6-16)12-15-8-11-22(13-15)19-17-2-1-9-20-18(17)7-10-21-19/h1-7,9-10,15,23H,8,11-13H2. The fraction of sp³-hybridized carbons (Fsp3) is 0.263. The van der Waals surface area contributed by atoms with Crippen molar-refractivity contribution in [3.63, 3.8) is 0 Å². The van der Waals surface area contributed by atoms with E-state index in [4.69, 9.17) is 0 Å². The van der Waals surface area contributed by atoms with Gasteiger partial charge < -0.3 is 10.0 Å². The highest BCUT2D eigenvalue weighted by atomic mass is 16.3. The lowest BCUT2D eigenvalue weighted by Crippen LogP contribution is -2.21. The predicted octanol–water partition coefficient (Wildman–Crippen LogP) is 3.40. The molecule has 2 aromatic heterocycles. The number of phenolic OH excluding ortho intramolecular Hbond substituents is 1. The lowest BCUT2D eigenvalue weighted by Gasteiger charge is -2.19. The van der Waals surface area contributed by atoms with Crippen LogP contribution in [-0.2, 0) is 6.42 Å². The highest BCUT2D eigenvalue weighted by Gasteiger charge is 2.24. The van der Waals surface area contributed by atoms with Crippen LogP contribution in [0.5, 0.6) is 5.75 Å². The fourth-order valence-corrected chi connectivity index (χ4v) is 3.40. The van der Waals surface area contributed by atoms with Gasteiger partial charge in [-0.15, -0.1) is 0 Å². The van der Waals surface area contributed by atoms with Crippen molar-refractivity contribution in [3.05, 3.63) is 60.4 Å². The summed E-state index contributed by atoms with van der Waals surface area (Å²) in [5.41, 5.74) is 2.28. The zero-order chi connectivity index (χ0) is 15.6. The van der Waals surface area contributed by atoms with Gasteiger partial charge in [-0.05, 0) is 54.7 Å². The highest BCUT2D eigenvalue weighted by molar-refractivity contribution is 5.89. The zero-order valence-corrected chi connectivity index (χ0v) is 12.9. The molecule has 0 saturated carbocycles. The monoisotopic (exact) mass is 305 g/mol. The van der Waals surface area contributed by atoms with E-state index in [1.165, 1.54) is 12.0 Å². The van der Waals surface area contributed by atoms with Crippen LogP contribution >= 0.6 is 0 Å². The van der Waals surface area contributed by atoms with E-state index in [0.29, 0.717) is 11.7 Å². The van der Waals surface area contributed by atoms with Crippen LogP contribution < -0.4 is 4.90 Å². The maximum absolute atomic E-state index is 9.39. The van der Waals surface area contributed by atoms with Crippen LogP contribution in [0.15, 0.2) is 54.9 Å². The molecule has 1 aromatic carbocycles. The van der Waals surface area contributed by atoms with Crippen LogP contribution in [0.1, 0.15) is 12.0 Å². The maximum atomic E-state index is 9.39. The molecule has 0 spiro atoms. The Morgan fingerprint density at radius 3 is 2.78 bits per heavy atom. The molecule has 4 rings (SSSR count). The van der Waals surface area contributed by atoms with Gasteiger partial charge in [0, 0.05) is 30.9 Å². The number of hydrogen-bond acceptors (Lipinski definition) is 4. The average molecular weight is 305 g/mol. The van der Waals surface area contributed by atoms with Gasteiger partial charge in [-0.2, -0.15) is 0 Å². The summed E-state index contributed by atoms with van der Waals surface area (Å²) < 4.78 is 0. The molecule has 0 aliphatic carbocycles. The second-order valence-electron chi connectivity index (χ2n) is 6.18. The summed E-state index contributed by atoms with van der Waals surface area (Å²) in [4.78, 5) is 11.4. The number of anilines is 1. The Morgan fingerprint density at radius 2 is 1.91 bits per heavy atom. The van der Waals surface area contributed by atoms with E-state index >= 15 is 0 Å². The first-order valence-corrected chi connectivity index (χ1v) is 8.02. The Labute approximate surface area is 135 Å². The van der Waals surface area contributed by atoms with E-state index in [2.05, 4.69) is 20.9 Å². The summed E-state index contributed by atoms with van der Waals surface area (Å²) in [5, 5.41) is 10.5. The van der Waals surface area contributed by atoms with Crippen LogP contribution in [-0.4, -0.2) is 28.2 Å². The number of nitrogens with zero attached hydrogens (tertiary/aromatic N) is 3. The SMILES string of the molecule is Oc1ccc(CC2CCN(c3nccc4ncccc34)C2)cc1. The minimum Gasteiger partial charge on any atom is -0.508 e. The minimum atomic E-state index is 0.328. The van der Waals surface area contributed by atoms with Gasteiger partial charge in [0.25, 0.3) is 0 Å². The quantitative estimate of drug-likeness (QED) is 0.805. The van der Waals surface area contributed by atoms with Crippen LogP contribution in [0, 0.1) is 5.92 Å². The number of aromatic nitrogens is 2. The predicted molar refractivity (Wildman–Crippen MR) is 91.7 cm³/mol. The first-order valence-electron chi connectivity index (χ1n) is 8.02. The van der Waals surface area contributed by atoms with Gasteiger partial charge in [0.15, 0.2) is 0 Å². The van der Waals surface area contributed by atoms with E-state index in [1.807, 2.05) is 36.7 Å². The van der Waals surface area contributed by atoms with Crippen molar-refractivity contribution < 1.29 is 5.11 Å². The second-order valence-corrected chi connectivity index (χ2v) is 6.18. The molecule has 1 atom stereocenters. The van der Waals surface area contributed by atoms with Gasteiger partial charge in [-0.1, -0.05) is 12.1 Å². The first-order chi connectivity index (χ1) is 11.3. The van der Waals surface area contributed by atoms with Crippen LogP contribution in [0.4, 0.5) is 5.82 Å². The molecule has 4 heteroatoms. The number of fused-ring (bicyclic) bond motifs is 1. The number of hydrogen-bond donors (Lipinski definition) is 1. The van der Waals surface area contributed by atoms with Crippen molar-refractivity contribution in [2.45, 2.75) is 12.8 Å². The summed E-state index contributed by atoms with van der Waals surface area (Å²) in [6.45, 7) is 2.05. The van der Waals surface area contributed by atoms with Crippen molar-refractivity contribution in [2.24, 2.45) is 5.92 Å². The molecular weight excluding hydrogens is 286 g/mol. The smallest absolute Gasteiger partial charge is 0.137 e. The van der Waals surface area contributed by atoms with E-state index in [0.717, 1.165) is 36.2 Å². The summed E-state index contributed by atoms with van der Waals surface area (Å²) in [7, 11) is 0. The van der Waals surface area contributed by atoms with Crippen molar-refractivity contribution in [1.29, 1.82) is 0 Å². The molecule has 0 radical (unpaired) electrons. The molecule has 23 heavy (non-hydrogen) atoms. The molecule has 1 saturated heterocycles. The van der Waals surface area contributed by atoms with Gasteiger partial charge >= 0.3 is 0 Å². The Morgan fingerprint density at radius 1 is 1.04 bits per heavy atom. The third kappa shape index (κ3) is 2.84. The Hall–Kier alpha value is -2.62. The third-order valence-corrected chi connectivity index (χ3v) is 4.55. The normalized spacial score (nSPS) is 17.7. The minimum absolute atomic E-state index is 0.328. The molecule has 116 valence electrons. The molecule has 0 bridgehead atoms. The molecular formula is C19H19N3O. The summed E-state index contributed by atoms with van der Waals surface area (Å²) >= 11 is 0.